The first kappa shape index (κ1) is 8.73. The van der Waals surface area contributed by atoms with Crippen LogP contribution in [0.1, 0.15) is 17.9 Å². The highest BCUT2D eigenvalue weighted by Crippen LogP contribution is 2.22. The van der Waals surface area contributed by atoms with E-state index < -0.39 is 0 Å². The molecule has 1 heterocycles. The van der Waals surface area contributed by atoms with Crippen LogP contribution in [0.5, 0.6) is 0 Å². The van der Waals surface area contributed by atoms with E-state index >= 15 is 0 Å². The molecule has 1 aliphatic heterocycles. The second-order valence-electron chi connectivity index (χ2n) is 3.66. The summed E-state index contributed by atoms with van der Waals surface area (Å²) in [6.45, 7) is 1.73. The minimum absolute atomic E-state index is 0.182. The number of piperidine rings is 1. The summed E-state index contributed by atoms with van der Waals surface area (Å²) in [4.78, 5) is 0. The topological polar surface area (TPSA) is 32.3 Å². The van der Waals surface area contributed by atoms with Gasteiger partial charge in [-0.15, -0.1) is 0 Å². The van der Waals surface area contributed by atoms with E-state index in [2.05, 4.69) is 29.6 Å². The summed E-state index contributed by atoms with van der Waals surface area (Å²) >= 11 is 0. The van der Waals surface area contributed by atoms with Crippen LogP contribution in [0.3, 0.4) is 0 Å². The predicted molar refractivity (Wildman–Crippen MR) is 52.7 cm³/mol. The van der Waals surface area contributed by atoms with Gasteiger partial charge in [0.25, 0.3) is 0 Å². The Morgan fingerprint density at radius 2 is 1.92 bits per heavy atom. The Labute approximate surface area is 78.6 Å². The van der Waals surface area contributed by atoms with Crippen molar-refractivity contribution in [1.29, 1.82) is 0 Å². The Morgan fingerprint density at radius 1 is 1.15 bits per heavy atom. The molecule has 2 nitrogen and oxygen atoms in total. The molecule has 0 radical (unpaired) electrons. The fourth-order valence-corrected chi connectivity index (χ4v) is 1.90. The van der Waals surface area contributed by atoms with E-state index in [0.29, 0.717) is 5.92 Å². The Bertz CT molecular complexity index is 260. The van der Waals surface area contributed by atoms with Crippen LogP contribution >= 0.6 is 0 Å². The lowest BCUT2D eigenvalue weighted by molar-refractivity contribution is 0.132. The third kappa shape index (κ3) is 2.08. The minimum atomic E-state index is -0.182. The zero-order valence-corrected chi connectivity index (χ0v) is 7.61. The van der Waals surface area contributed by atoms with Gasteiger partial charge in [0, 0.05) is 13.1 Å². The van der Waals surface area contributed by atoms with E-state index in [9.17, 15) is 5.11 Å². The maximum Gasteiger partial charge on any atom is 0.0670 e. The summed E-state index contributed by atoms with van der Waals surface area (Å²) < 4.78 is 0. The Kier molecular flexibility index (Phi) is 2.62. The first-order chi connectivity index (χ1) is 6.36. The van der Waals surface area contributed by atoms with Gasteiger partial charge in [0.15, 0.2) is 0 Å². The zero-order chi connectivity index (χ0) is 9.10. The first-order valence-corrected chi connectivity index (χ1v) is 4.80. The van der Waals surface area contributed by atoms with Crippen molar-refractivity contribution in [2.45, 2.75) is 18.4 Å². The van der Waals surface area contributed by atoms with E-state index in [1.54, 1.807) is 0 Å². The van der Waals surface area contributed by atoms with Gasteiger partial charge in [-0.3, -0.25) is 0 Å². The molecule has 13 heavy (non-hydrogen) atoms. The normalized spacial score (nSPS) is 28.7. The number of aliphatic hydroxyl groups is 1. The van der Waals surface area contributed by atoms with Gasteiger partial charge in [-0.25, -0.2) is 0 Å². The van der Waals surface area contributed by atoms with Crippen molar-refractivity contribution in [1.82, 2.24) is 5.32 Å². The highest BCUT2D eigenvalue weighted by atomic mass is 16.3. The summed E-state index contributed by atoms with van der Waals surface area (Å²) in [6, 6.07) is 10.4. The SMILES string of the molecule is O[C@@H]1CNC[C@H](c2ccccc2)C1. The van der Waals surface area contributed by atoms with E-state index in [1.807, 2.05) is 6.07 Å². The van der Waals surface area contributed by atoms with Gasteiger partial charge >= 0.3 is 0 Å². The van der Waals surface area contributed by atoms with Crippen LogP contribution in [0.2, 0.25) is 0 Å². The summed E-state index contributed by atoms with van der Waals surface area (Å²) in [5.74, 6) is 0.477. The number of β-amino-alcohol motifs (C(OH)–C–C–N with tert-alkyl or cyclic N) is 1. The number of benzene rings is 1. The average Bonchev–Trinajstić information content (AvgIpc) is 2.19. The van der Waals surface area contributed by atoms with Crippen molar-refractivity contribution >= 4 is 0 Å². The van der Waals surface area contributed by atoms with Crippen molar-refractivity contribution in [2.24, 2.45) is 0 Å². The molecule has 0 amide bonds. The number of hydrogen-bond donors (Lipinski definition) is 2. The van der Waals surface area contributed by atoms with Gasteiger partial charge in [0.1, 0.15) is 0 Å². The minimum Gasteiger partial charge on any atom is -0.392 e. The third-order valence-electron chi connectivity index (χ3n) is 2.60. The number of hydrogen-bond acceptors (Lipinski definition) is 2. The molecule has 2 N–H and O–H groups in total. The molecule has 2 rings (SSSR count). The molecule has 1 aromatic rings. The van der Waals surface area contributed by atoms with Gasteiger partial charge in [0.2, 0.25) is 0 Å². The molecule has 2 atom stereocenters. The Morgan fingerprint density at radius 3 is 2.62 bits per heavy atom. The van der Waals surface area contributed by atoms with Crippen LogP contribution in [0.4, 0.5) is 0 Å². The Balaban J connectivity index is 2.08. The van der Waals surface area contributed by atoms with Crippen LogP contribution < -0.4 is 5.32 Å². The molecule has 0 aromatic heterocycles. The van der Waals surface area contributed by atoms with Crippen molar-refractivity contribution in [3.05, 3.63) is 35.9 Å². The van der Waals surface area contributed by atoms with Crippen molar-refractivity contribution in [2.75, 3.05) is 13.1 Å². The van der Waals surface area contributed by atoms with Crippen LogP contribution in [0.15, 0.2) is 30.3 Å². The average molecular weight is 177 g/mol. The molecule has 1 aliphatic rings. The number of rotatable bonds is 1. The van der Waals surface area contributed by atoms with Gasteiger partial charge in [0.05, 0.1) is 6.10 Å². The third-order valence-corrected chi connectivity index (χ3v) is 2.60. The quantitative estimate of drug-likeness (QED) is 0.674. The molecule has 70 valence electrons. The summed E-state index contributed by atoms with van der Waals surface area (Å²) in [6.07, 6.45) is 0.704. The molecular formula is C11H15NO. The molecule has 1 aromatic carbocycles. The van der Waals surface area contributed by atoms with Crippen LogP contribution in [-0.2, 0) is 0 Å². The first-order valence-electron chi connectivity index (χ1n) is 4.80. The predicted octanol–water partition coefficient (Wildman–Crippen LogP) is 1.12. The van der Waals surface area contributed by atoms with Crippen molar-refractivity contribution in [3.8, 4) is 0 Å². The van der Waals surface area contributed by atoms with Crippen molar-refractivity contribution < 1.29 is 5.11 Å². The van der Waals surface area contributed by atoms with E-state index in [4.69, 9.17) is 0 Å². The van der Waals surface area contributed by atoms with E-state index in [0.717, 1.165) is 19.5 Å². The van der Waals surface area contributed by atoms with E-state index in [-0.39, 0.29) is 6.10 Å². The molecular weight excluding hydrogens is 162 g/mol. The second-order valence-corrected chi connectivity index (χ2v) is 3.66. The smallest absolute Gasteiger partial charge is 0.0670 e. The lowest BCUT2D eigenvalue weighted by Crippen LogP contribution is -2.38. The van der Waals surface area contributed by atoms with Gasteiger partial charge < -0.3 is 10.4 Å². The van der Waals surface area contributed by atoms with E-state index in [1.165, 1.54) is 5.56 Å². The van der Waals surface area contributed by atoms with Crippen LogP contribution in [0.25, 0.3) is 0 Å². The molecule has 0 saturated carbocycles. The molecule has 0 bridgehead atoms. The zero-order valence-electron chi connectivity index (χ0n) is 7.61. The lowest BCUT2D eigenvalue weighted by Gasteiger charge is -2.27. The number of nitrogens with one attached hydrogen (secondary N) is 1. The largest absolute Gasteiger partial charge is 0.392 e. The standard InChI is InChI=1S/C11H15NO/c13-11-6-10(7-12-8-11)9-4-2-1-3-5-9/h1-5,10-13H,6-8H2/t10-,11+/m1/s1. The molecule has 1 saturated heterocycles. The summed E-state index contributed by atoms with van der Waals surface area (Å²) in [7, 11) is 0. The molecule has 1 fully saturated rings. The summed E-state index contributed by atoms with van der Waals surface area (Å²) in [5, 5.41) is 12.7. The van der Waals surface area contributed by atoms with Crippen LogP contribution in [-0.4, -0.2) is 24.3 Å². The highest BCUT2D eigenvalue weighted by Gasteiger charge is 2.20. The molecule has 0 unspecified atom stereocenters. The molecule has 0 spiro atoms. The van der Waals surface area contributed by atoms with Crippen molar-refractivity contribution in [3.63, 3.8) is 0 Å². The maximum atomic E-state index is 9.48. The second kappa shape index (κ2) is 3.90. The lowest BCUT2D eigenvalue weighted by atomic mass is 9.90. The fourth-order valence-electron chi connectivity index (χ4n) is 1.90. The highest BCUT2D eigenvalue weighted by molar-refractivity contribution is 5.20. The van der Waals surface area contributed by atoms with Crippen LogP contribution in [0, 0.1) is 0 Å². The monoisotopic (exact) mass is 177 g/mol. The molecule has 0 aliphatic carbocycles. The maximum absolute atomic E-state index is 9.48. The fraction of sp³-hybridized carbons (Fsp3) is 0.455. The van der Waals surface area contributed by atoms with Gasteiger partial charge in [-0.1, -0.05) is 30.3 Å². The van der Waals surface area contributed by atoms with Gasteiger partial charge in [-0.05, 0) is 17.9 Å². The van der Waals surface area contributed by atoms with Gasteiger partial charge in [-0.2, -0.15) is 0 Å². The Hall–Kier alpha value is -0.860. The number of aliphatic hydroxyl groups excluding tert-OH is 1. The summed E-state index contributed by atoms with van der Waals surface area (Å²) in [5.41, 5.74) is 1.33. The molecule has 2 heteroatoms.